The monoisotopic (exact) mass is 334 g/mol. The number of esters is 2. The number of aliphatic hydroxyl groups is 1. The van der Waals surface area contributed by atoms with Gasteiger partial charge in [-0.1, -0.05) is 0 Å². The van der Waals surface area contributed by atoms with E-state index in [0.29, 0.717) is 11.0 Å². The summed E-state index contributed by atoms with van der Waals surface area (Å²) >= 11 is 0. The normalized spacial score (nSPS) is 11.3. The smallest absolute Gasteiger partial charge is 0.350 e. The lowest BCUT2D eigenvalue weighted by Crippen LogP contribution is -2.50. The molecule has 0 bridgehead atoms. The molecular weight excluding hydrogens is 316 g/mol. The third-order valence-corrected chi connectivity index (χ3v) is 3.42. The van der Waals surface area contributed by atoms with Crippen LogP contribution in [0.2, 0.25) is 0 Å². The summed E-state index contributed by atoms with van der Waals surface area (Å²) in [5.74, 6) is -3.01. The van der Waals surface area contributed by atoms with Crippen LogP contribution in [0.4, 0.5) is 0 Å². The maximum atomic E-state index is 12.4. The van der Waals surface area contributed by atoms with Crippen molar-refractivity contribution >= 4 is 28.7 Å². The van der Waals surface area contributed by atoms with Gasteiger partial charge in [0.1, 0.15) is 5.58 Å². The number of rotatable bonds is 7. The number of fused-ring (bicyclic) bond motifs is 1. The zero-order chi connectivity index (χ0) is 17.7. The van der Waals surface area contributed by atoms with Gasteiger partial charge < -0.3 is 19.0 Å². The summed E-state index contributed by atoms with van der Waals surface area (Å²) in [5.41, 5.74) is -1.84. The molecule has 1 N–H and O–H groups in total. The first-order chi connectivity index (χ1) is 11.4. The highest BCUT2D eigenvalue weighted by atomic mass is 16.6. The van der Waals surface area contributed by atoms with Gasteiger partial charge in [-0.25, -0.2) is 9.59 Å². The SMILES string of the molecule is CCOC(=O)C(O)(CC(=O)c1ccc2occc2c1)C(=O)OCC. The number of hydrogen-bond donors (Lipinski definition) is 1. The van der Waals surface area contributed by atoms with Gasteiger partial charge in [0.05, 0.1) is 25.9 Å². The summed E-state index contributed by atoms with van der Waals surface area (Å²) in [6.07, 6.45) is 0.709. The van der Waals surface area contributed by atoms with E-state index in [4.69, 9.17) is 13.9 Å². The molecule has 0 aliphatic carbocycles. The highest BCUT2D eigenvalue weighted by Crippen LogP contribution is 2.22. The summed E-state index contributed by atoms with van der Waals surface area (Å²) in [4.78, 5) is 36.4. The Morgan fingerprint density at radius 2 is 1.71 bits per heavy atom. The van der Waals surface area contributed by atoms with E-state index in [9.17, 15) is 19.5 Å². The van der Waals surface area contributed by atoms with E-state index in [1.807, 2.05) is 0 Å². The second kappa shape index (κ2) is 7.27. The van der Waals surface area contributed by atoms with Crippen LogP contribution in [0, 0.1) is 0 Å². The molecule has 0 radical (unpaired) electrons. The second-order valence-corrected chi connectivity index (χ2v) is 5.07. The summed E-state index contributed by atoms with van der Waals surface area (Å²) in [6.45, 7) is 2.96. The van der Waals surface area contributed by atoms with Crippen molar-refractivity contribution in [2.75, 3.05) is 13.2 Å². The van der Waals surface area contributed by atoms with Gasteiger partial charge in [0.25, 0.3) is 5.60 Å². The molecule has 0 amide bonds. The van der Waals surface area contributed by atoms with Crippen molar-refractivity contribution in [1.29, 1.82) is 0 Å². The maximum Gasteiger partial charge on any atom is 0.350 e. The Kier molecular flexibility index (Phi) is 5.35. The van der Waals surface area contributed by atoms with E-state index in [1.54, 1.807) is 18.2 Å². The van der Waals surface area contributed by atoms with Crippen molar-refractivity contribution in [2.24, 2.45) is 0 Å². The Bertz CT molecular complexity index is 741. The Labute approximate surface area is 138 Å². The zero-order valence-corrected chi connectivity index (χ0v) is 13.4. The zero-order valence-electron chi connectivity index (χ0n) is 13.4. The van der Waals surface area contributed by atoms with Crippen LogP contribution in [0.25, 0.3) is 11.0 Å². The Balaban J connectivity index is 2.28. The summed E-state index contributed by atoms with van der Waals surface area (Å²) < 4.78 is 14.6. The van der Waals surface area contributed by atoms with Crippen LogP contribution >= 0.6 is 0 Å². The van der Waals surface area contributed by atoms with Crippen molar-refractivity contribution in [3.05, 3.63) is 36.1 Å². The van der Waals surface area contributed by atoms with Crippen molar-refractivity contribution in [2.45, 2.75) is 25.9 Å². The van der Waals surface area contributed by atoms with Gasteiger partial charge in [0, 0.05) is 10.9 Å². The molecule has 7 heteroatoms. The predicted octanol–water partition coefficient (Wildman–Crippen LogP) is 1.86. The molecule has 0 saturated heterocycles. The molecule has 1 aromatic heterocycles. The first kappa shape index (κ1) is 17.7. The molecule has 0 atom stereocenters. The van der Waals surface area contributed by atoms with Gasteiger partial charge in [-0.15, -0.1) is 0 Å². The summed E-state index contributed by atoms with van der Waals surface area (Å²) in [7, 11) is 0. The van der Waals surface area contributed by atoms with Crippen molar-refractivity contribution in [3.8, 4) is 0 Å². The molecule has 1 heterocycles. The third-order valence-electron chi connectivity index (χ3n) is 3.42. The number of benzene rings is 1. The van der Waals surface area contributed by atoms with E-state index >= 15 is 0 Å². The van der Waals surface area contributed by atoms with E-state index < -0.39 is 29.7 Å². The van der Waals surface area contributed by atoms with Gasteiger partial charge >= 0.3 is 11.9 Å². The molecule has 0 saturated carbocycles. The largest absolute Gasteiger partial charge is 0.464 e. The lowest BCUT2D eigenvalue weighted by atomic mass is 9.93. The van der Waals surface area contributed by atoms with Gasteiger partial charge in [-0.05, 0) is 38.1 Å². The van der Waals surface area contributed by atoms with Gasteiger partial charge in [0.2, 0.25) is 0 Å². The fourth-order valence-corrected chi connectivity index (χ4v) is 2.20. The molecular formula is C17H18O7. The fraction of sp³-hybridized carbons (Fsp3) is 0.353. The number of carbonyl (C=O) groups is 3. The quantitative estimate of drug-likeness (QED) is 0.468. The number of carbonyl (C=O) groups excluding carboxylic acids is 3. The molecule has 0 aliphatic rings. The summed E-state index contributed by atoms with van der Waals surface area (Å²) in [6, 6.07) is 6.31. The first-order valence-corrected chi connectivity index (χ1v) is 7.49. The molecule has 7 nitrogen and oxygen atoms in total. The standard InChI is InChI=1S/C17H18O7/c1-3-22-15(19)17(21,16(20)23-4-2)10-13(18)11-5-6-14-12(9-11)7-8-24-14/h5-9,21H,3-4,10H2,1-2H3. The van der Waals surface area contributed by atoms with E-state index in [0.717, 1.165) is 0 Å². The first-order valence-electron chi connectivity index (χ1n) is 7.49. The minimum atomic E-state index is -2.67. The van der Waals surface area contributed by atoms with Crippen molar-refractivity contribution < 1.29 is 33.4 Å². The molecule has 0 fully saturated rings. The summed E-state index contributed by atoms with van der Waals surface area (Å²) in [5, 5.41) is 11.1. The highest BCUT2D eigenvalue weighted by Gasteiger charge is 2.49. The lowest BCUT2D eigenvalue weighted by Gasteiger charge is -2.22. The van der Waals surface area contributed by atoms with Crippen LogP contribution in [-0.4, -0.2) is 41.6 Å². The van der Waals surface area contributed by atoms with E-state index in [2.05, 4.69) is 0 Å². The topological polar surface area (TPSA) is 103 Å². The van der Waals surface area contributed by atoms with Crippen molar-refractivity contribution in [3.63, 3.8) is 0 Å². The fourth-order valence-electron chi connectivity index (χ4n) is 2.20. The number of furan rings is 1. The number of Topliss-reactive ketones (excluding diaryl/α,β-unsaturated/α-hetero) is 1. The number of ketones is 1. The molecule has 0 spiro atoms. The van der Waals surface area contributed by atoms with Crippen LogP contribution in [0.5, 0.6) is 0 Å². The second-order valence-electron chi connectivity index (χ2n) is 5.07. The third kappa shape index (κ3) is 3.46. The lowest BCUT2D eigenvalue weighted by molar-refractivity contribution is -0.182. The van der Waals surface area contributed by atoms with Crippen LogP contribution in [0.3, 0.4) is 0 Å². The maximum absolute atomic E-state index is 12.4. The van der Waals surface area contributed by atoms with Gasteiger partial charge in [0.15, 0.2) is 5.78 Å². The van der Waals surface area contributed by atoms with Crippen molar-refractivity contribution in [1.82, 2.24) is 0 Å². The van der Waals surface area contributed by atoms with Gasteiger partial charge in [-0.3, -0.25) is 4.79 Å². The molecule has 128 valence electrons. The average molecular weight is 334 g/mol. The Morgan fingerprint density at radius 3 is 2.29 bits per heavy atom. The minimum Gasteiger partial charge on any atom is -0.464 e. The highest BCUT2D eigenvalue weighted by molar-refractivity contribution is 6.10. The van der Waals surface area contributed by atoms with E-state index in [1.165, 1.54) is 26.2 Å². The number of hydrogen-bond acceptors (Lipinski definition) is 7. The molecule has 2 aromatic rings. The Morgan fingerprint density at radius 1 is 1.08 bits per heavy atom. The predicted molar refractivity (Wildman–Crippen MR) is 83.4 cm³/mol. The molecule has 1 aromatic carbocycles. The van der Waals surface area contributed by atoms with Crippen LogP contribution in [0.1, 0.15) is 30.6 Å². The minimum absolute atomic E-state index is 0.0459. The van der Waals surface area contributed by atoms with E-state index in [-0.39, 0.29) is 18.8 Å². The van der Waals surface area contributed by atoms with Gasteiger partial charge in [-0.2, -0.15) is 0 Å². The van der Waals surface area contributed by atoms with Crippen LogP contribution in [-0.2, 0) is 19.1 Å². The molecule has 0 unspecified atom stereocenters. The average Bonchev–Trinajstić information content (AvgIpc) is 3.02. The van der Waals surface area contributed by atoms with Crippen LogP contribution in [0.15, 0.2) is 34.9 Å². The molecule has 0 aliphatic heterocycles. The number of ether oxygens (including phenoxy) is 2. The molecule has 2 rings (SSSR count). The Hall–Kier alpha value is -2.67. The molecule has 24 heavy (non-hydrogen) atoms. The van der Waals surface area contributed by atoms with Crippen LogP contribution < -0.4 is 0 Å².